The highest BCUT2D eigenvalue weighted by Crippen LogP contribution is 2.46. The summed E-state index contributed by atoms with van der Waals surface area (Å²) in [6.45, 7) is 12.1. The maximum absolute atomic E-state index is 4.01. The van der Waals surface area contributed by atoms with Crippen molar-refractivity contribution in [1.29, 1.82) is 0 Å². The van der Waals surface area contributed by atoms with Gasteiger partial charge in [-0.3, -0.25) is 0 Å². The van der Waals surface area contributed by atoms with E-state index in [2.05, 4.69) is 57.2 Å². The molecule has 0 heterocycles. The van der Waals surface area contributed by atoms with Crippen LogP contribution in [0.25, 0.3) is 0 Å². The molecular weight excluding hydrogens is 206 g/mol. The minimum Gasteiger partial charge on any atom is -0.371 e. The number of rotatable bonds is 4. The summed E-state index contributed by atoms with van der Waals surface area (Å²) in [6.07, 6.45) is 3.06. The molecule has 0 N–H and O–H groups in total. The molecule has 1 aliphatic rings. The largest absolute Gasteiger partial charge is 0.371 e. The predicted octanol–water partition coefficient (Wildman–Crippen LogP) is 3.79. The monoisotopic (exact) mass is 227 g/mol. The van der Waals surface area contributed by atoms with Crippen LogP contribution in [0.1, 0.15) is 29.0 Å². The van der Waals surface area contributed by atoms with Gasteiger partial charge in [-0.25, -0.2) is 0 Å². The molecule has 2 atom stereocenters. The Morgan fingerprint density at radius 1 is 1.41 bits per heavy atom. The Morgan fingerprint density at radius 2 is 2.12 bits per heavy atom. The molecule has 0 bridgehead atoms. The van der Waals surface area contributed by atoms with E-state index in [1.165, 1.54) is 23.1 Å². The molecule has 1 heteroatoms. The van der Waals surface area contributed by atoms with Gasteiger partial charge in [0.05, 0.1) is 0 Å². The summed E-state index contributed by atoms with van der Waals surface area (Å²) in [7, 11) is 2.11. The summed E-state index contributed by atoms with van der Waals surface area (Å²) in [5.74, 6) is 0.664. The van der Waals surface area contributed by atoms with Crippen LogP contribution in [0.4, 0.5) is 0 Å². The Labute approximate surface area is 104 Å². The van der Waals surface area contributed by atoms with Gasteiger partial charge in [-0.1, -0.05) is 36.9 Å². The summed E-state index contributed by atoms with van der Waals surface area (Å²) in [5.41, 5.74) is 5.26. The molecule has 0 saturated heterocycles. The molecule has 1 nitrogen and oxygen atoms in total. The quantitative estimate of drug-likeness (QED) is 0.707. The second-order valence-corrected chi connectivity index (χ2v) is 5.08. The van der Waals surface area contributed by atoms with Gasteiger partial charge < -0.3 is 4.90 Å². The van der Waals surface area contributed by atoms with Crippen LogP contribution in [0.15, 0.2) is 43.1 Å². The lowest BCUT2D eigenvalue weighted by atomic mass is 10.0. The van der Waals surface area contributed by atoms with Crippen molar-refractivity contribution in [1.82, 2.24) is 4.90 Å². The molecule has 0 radical (unpaired) electrons. The number of allylic oxidation sites excluding steroid dienone is 1. The van der Waals surface area contributed by atoms with Crippen LogP contribution in [0.5, 0.6) is 0 Å². The average molecular weight is 227 g/mol. The zero-order valence-electron chi connectivity index (χ0n) is 11.0. The van der Waals surface area contributed by atoms with Crippen molar-refractivity contribution in [2.45, 2.75) is 32.2 Å². The molecule has 2 unspecified atom stereocenters. The third kappa shape index (κ3) is 2.28. The molecule has 1 aliphatic carbocycles. The second-order valence-electron chi connectivity index (χ2n) is 5.08. The number of likely N-dealkylation sites (N-methyl/N-ethyl adjacent to an activating group) is 1. The molecule has 0 aliphatic heterocycles. The fraction of sp³-hybridized carbons (Fsp3) is 0.375. The molecule has 0 spiro atoms. The highest BCUT2D eigenvalue weighted by atomic mass is 15.2. The van der Waals surface area contributed by atoms with Gasteiger partial charge in [-0.15, -0.1) is 0 Å². The van der Waals surface area contributed by atoms with Gasteiger partial charge in [0.1, 0.15) is 0 Å². The van der Waals surface area contributed by atoms with Crippen LogP contribution < -0.4 is 0 Å². The highest BCUT2D eigenvalue weighted by molar-refractivity contribution is 5.38. The molecule has 2 rings (SSSR count). The maximum Gasteiger partial charge on any atom is 0.0362 e. The number of nitrogens with zero attached hydrogens (tertiary/aromatic N) is 1. The van der Waals surface area contributed by atoms with Gasteiger partial charge in [0, 0.05) is 24.7 Å². The lowest BCUT2D eigenvalue weighted by Gasteiger charge is -2.20. The molecule has 17 heavy (non-hydrogen) atoms. The Hall–Kier alpha value is -1.50. The van der Waals surface area contributed by atoms with Gasteiger partial charge in [0.25, 0.3) is 0 Å². The van der Waals surface area contributed by atoms with Crippen LogP contribution in [-0.4, -0.2) is 18.0 Å². The van der Waals surface area contributed by atoms with Crippen molar-refractivity contribution in [2.75, 3.05) is 7.05 Å². The molecule has 1 aromatic carbocycles. The van der Waals surface area contributed by atoms with E-state index in [-0.39, 0.29) is 0 Å². The first-order valence-electron chi connectivity index (χ1n) is 6.16. The highest BCUT2D eigenvalue weighted by Gasteiger charge is 2.42. The van der Waals surface area contributed by atoms with Crippen LogP contribution in [-0.2, 0) is 0 Å². The Morgan fingerprint density at radius 3 is 2.71 bits per heavy atom. The smallest absolute Gasteiger partial charge is 0.0362 e. The van der Waals surface area contributed by atoms with Crippen LogP contribution in [0.2, 0.25) is 0 Å². The number of hydrogen-bond acceptors (Lipinski definition) is 1. The molecule has 1 aromatic rings. The van der Waals surface area contributed by atoms with Gasteiger partial charge >= 0.3 is 0 Å². The summed E-state index contributed by atoms with van der Waals surface area (Å²) >= 11 is 0. The molecular formula is C16H21N. The van der Waals surface area contributed by atoms with Crippen molar-refractivity contribution in [3.8, 4) is 0 Å². The molecule has 0 aromatic heterocycles. The molecule has 1 fully saturated rings. The zero-order chi connectivity index (χ0) is 12.6. The normalized spacial score (nSPS) is 22.1. The molecule has 1 saturated carbocycles. The van der Waals surface area contributed by atoms with E-state index >= 15 is 0 Å². The Balaban J connectivity index is 2.12. The lowest BCUT2D eigenvalue weighted by Crippen LogP contribution is -2.19. The summed E-state index contributed by atoms with van der Waals surface area (Å²) in [4.78, 5) is 2.25. The van der Waals surface area contributed by atoms with Crippen molar-refractivity contribution in [2.24, 2.45) is 0 Å². The predicted molar refractivity (Wildman–Crippen MR) is 74.2 cm³/mol. The topological polar surface area (TPSA) is 3.24 Å². The third-order valence-electron chi connectivity index (χ3n) is 3.77. The third-order valence-corrected chi connectivity index (χ3v) is 3.77. The minimum absolute atomic E-state index is 0.599. The lowest BCUT2D eigenvalue weighted by molar-refractivity contribution is 0.414. The van der Waals surface area contributed by atoms with E-state index in [0.29, 0.717) is 12.0 Å². The minimum atomic E-state index is 0.599. The first-order chi connectivity index (χ1) is 8.04. The van der Waals surface area contributed by atoms with E-state index < -0.39 is 0 Å². The first kappa shape index (κ1) is 12.0. The van der Waals surface area contributed by atoms with Crippen LogP contribution >= 0.6 is 0 Å². The fourth-order valence-corrected chi connectivity index (χ4v) is 2.54. The second kappa shape index (κ2) is 4.40. The van der Waals surface area contributed by atoms with E-state index in [1.807, 2.05) is 6.08 Å². The molecule has 90 valence electrons. The molecule has 0 amide bonds. The van der Waals surface area contributed by atoms with Gasteiger partial charge in [0.2, 0.25) is 0 Å². The van der Waals surface area contributed by atoms with E-state index in [0.717, 1.165) is 5.70 Å². The summed E-state index contributed by atoms with van der Waals surface area (Å²) < 4.78 is 0. The van der Waals surface area contributed by atoms with Crippen LogP contribution in [0, 0.1) is 13.8 Å². The van der Waals surface area contributed by atoms with E-state index in [4.69, 9.17) is 0 Å². The maximum atomic E-state index is 4.01. The number of hydrogen-bond donors (Lipinski definition) is 0. The fourth-order valence-electron chi connectivity index (χ4n) is 2.54. The first-order valence-corrected chi connectivity index (χ1v) is 6.16. The van der Waals surface area contributed by atoms with Gasteiger partial charge in [-0.05, 0) is 37.5 Å². The Bertz CT molecular complexity index is 459. The number of aryl methyl sites for hydroxylation is 2. The van der Waals surface area contributed by atoms with Crippen molar-refractivity contribution in [3.63, 3.8) is 0 Å². The van der Waals surface area contributed by atoms with Crippen LogP contribution in [0.3, 0.4) is 0 Å². The van der Waals surface area contributed by atoms with Crippen molar-refractivity contribution >= 4 is 0 Å². The SMILES string of the molecule is C=CC(=C)N(C)C1CC1c1ccc(C)cc1C. The zero-order valence-corrected chi connectivity index (χ0v) is 11.0. The van der Waals surface area contributed by atoms with Crippen molar-refractivity contribution in [3.05, 3.63) is 59.8 Å². The van der Waals surface area contributed by atoms with E-state index in [1.54, 1.807) is 0 Å². The van der Waals surface area contributed by atoms with Gasteiger partial charge in [0.15, 0.2) is 0 Å². The summed E-state index contributed by atoms with van der Waals surface area (Å²) in [5, 5.41) is 0. The standard InChI is InChI=1S/C16H21N/c1-6-13(4)17(5)16-10-15(16)14-8-7-11(2)9-12(14)3/h6-9,15-16H,1,4,10H2,2-3,5H3. The number of benzene rings is 1. The van der Waals surface area contributed by atoms with Crippen molar-refractivity contribution < 1.29 is 0 Å². The van der Waals surface area contributed by atoms with Gasteiger partial charge in [-0.2, -0.15) is 0 Å². The van der Waals surface area contributed by atoms with E-state index in [9.17, 15) is 0 Å². The Kier molecular flexibility index (Phi) is 3.10. The summed E-state index contributed by atoms with van der Waals surface area (Å²) in [6, 6.07) is 7.36. The average Bonchev–Trinajstić information content (AvgIpc) is 3.07.